The van der Waals surface area contributed by atoms with Crippen LogP contribution in [0.15, 0.2) is 36.4 Å². The molecule has 0 fully saturated rings. The second-order valence-electron chi connectivity index (χ2n) is 4.39. The second-order valence-corrected chi connectivity index (χ2v) is 5.20. The van der Waals surface area contributed by atoms with Crippen molar-refractivity contribution in [3.05, 3.63) is 57.6 Å². The maximum atomic E-state index is 12.1. The van der Waals surface area contributed by atoms with Crippen LogP contribution in [-0.4, -0.2) is 13.0 Å². The van der Waals surface area contributed by atoms with Gasteiger partial charge in [0.2, 0.25) is 0 Å². The zero-order valence-corrected chi connectivity index (χ0v) is 12.8. The van der Waals surface area contributed by atoms with Crippen molar-refractivity contribution in [1.29, 1.82) is 0 Å². The van der Waals surface area contributed by atoms with Crippen LogP contribution in [0.3, 0.4) is 0 Å². The van der Waals surface area contributed by atoms with Crippen LogP contribution in [0.4, 0.5) is 5.69 Å². The molecule has 2 rings (SSSR count). The van der Waals surface area contributed by atoms with Gasteiger partial charge in [-0.1, -0.05) is 35.3 Å². The van der Waals surface area contributed by atoms with E-state index in [0.717, 1.165) is 11.3 Å². The first kappa shape index (κ1) is 15.5. The molecule has 21 heavy (non-hydrogen) atoms. The van der Waals surface area contributed by atoms with Crippen molar-refractivity contribution in [2.75, 3.05) is 12.8 Å². The van der Waals surface area contributed by atoms with Gasteiger partial charge in [0.05, 0.1) is 22.8 Å². The molecule has 0 aromatic heterocycles. The van der Waals surface area contributed by atoms with E-state index < -0.39 is 0 Å². The van der Waals surface area contributed by atoms with Crippen molar-refractivity contribution in [2.24, 2.45) is 0 Å². The Bertz CT molecular complexity index is 651. The smallest absolute Gasteiger partial charge is 0.251 e. The van der Waals surface area contributed by atoms with E-state index in [1.54, 1.807) is 7.11 Å². The van der Waals surface area contributed by atoms with Gasteiger partial charge in [0.15, 0.2) is 0 Å². The highest BCUT2D eigenvalue weighted by Gasteiger charge is 2.11. The SMILES string of the molecule is COc1cccc(CNC(=O)c2cc(Cl)c(N)c(Cl)c2)c1. The summed E-state index contributed by atoms with van der Waals surface area (Å²) in [6, 6.07) is 10.4. The lowest BCUT2D eigenvalue weighted by molar-refractivity contribution is 0.0951. The summed E-state index contributed by atoms with van der Waals surface area (Å²) in [5.41, 5.74) is 7.19. The van der Waals surface area contributed by atoms with Gasteiger partial charge in [-0.05, 0) is 29.8 Å². The lowest BCUT2D eigenvalue weighted by atomic mass is 10.1. The van der Waals surface area contributed by atoms with Gasteiger partial charge in [-0.25, -0.2) is 0 Å². The van der Waals surface area contributed by atoms with Gasteiger partial charge in [0.1, 0.15) is 5.75 Å². The fourth-order valence-corrected chi connectivity index (χ4v) is 2.27. The van der Waals surface area contributed by atoms with Gasteiger partial charge < -0.3 is 15.8 Å². The number of ether oxygens (including phenoxy) is 1. The first-order chi connectivity index (χ1) is 10.0. The number of amides is 1. The Morgan fingerprint density at radius 2 is 1.90 bits per heavy atom. The number of nitrogens with two attached hydrogens (primary N) is 1. The van der Waals surface area contributed by atoms with Crippen LogP contribution in [0.25, 0.3) is 0 Å². The summed E-state index contributed by atoms with van der Waals surface area (Å²) in [6.45, 7) is 0.371. The van der Waals surface area contributed by atoms with Crippen LogP contribution in [0.5, 0.6) is 5.75 Å². The van der Waals surface area contributed by atoms with Gasteiger partial charge in [-0.3, -0.25) is 4.79 Å². The van der Waals surface area contributed by atoms with Crippen molar-refractivity contribution in [3.63, 3.8) is 0 Å². The van der Waals surface area contributed by atoms with Crippen LogP contribution in [-0.2, 0) is 6.54 Å². The molecule has 2 aromatic rings. The second kappa shape index (κ2) is 6.70. The lowest BCUT2D eigenvalue weighted by Gasteiger charge is -2.09. The molecule has 0 saturated heterocycles. The number of hydrogen-bond acceptors (Lipinski definition) is 3. The van der Waals surface area contributed by atoms with E-state index in [2.05, 4.69) is 5.32 Å². The van der Waals surface area contributed by atoms with Crippen molar-refractivity contribution in [1.82, 2.24) is 5.32 Å². The van der Waals surface area contributed by atoms with Crippen molar-refractivity contribution in [3.8, 4) is 5.75 Å². The topological polar surface area (TPSA) is 64.3 Å². The molecule has 3 N–H and O–H groups in total. The maximum Gasteiger partial charge on any atom is 0.251 e. The summed E-state index contributed by atoms with van der Waals surface area (Å²) in [6.07, 6.45) is 0. The molecular formula is C15H14Cl2N2O2. The predicted octanol–water partition coefficient (Wildman–Crippen LogP) is 3.51. The molecule has 0 atom stereocenters. The first-order valence-corrected chi connectivity index (χ1v) is 6.92. The molecule has 0 bridgehead atoms. The Morgan fingerprint density at radius 3 is 2.52 bits per heavy atom. The normalized spacial score (nSPS) is 10.2. The Balaban J connectivity index is 2.08. The van der Waals surface area contributed by atoms with Gasteiger partial charge in [-0.15, -0.1) is 0 Å². The monoisotopic (exact) mass is 324 g/mol. The molecule has 0 spiro atoms. The minimum absolute atomic E-state index is 0.258. The van der Waals surface area contributed by atoms with E-state index >= 15 is 0 Å². The van der Waals surface area contributed by atoms with E-state index in [4.69, 9.17) is 33.7 Å². The van der Waals surface area contributed by atoms with E-state index in [9.17, 15) is 4.79 Å². The third-order valence-corrected chi connectivity index (χ3v) is 3.55. The lowest BCUT2D eigenvalue weighted by Crippen LogP contribution is -2.22. The fraction of sp³-hybridized carbons (Fsp3) is 0.133. The van der Waals surface area contributed by atoms with E-state index in [-0.39, 0.29) is 21.6 Å². The van der Waals surface area contributed by atoms with Crippen molar-refractivity contribution < 1.29 is 9.53 Å². The summed E-state index contributed by atoms with van der Waals surface area (Å²) < 4.78 is 5.13. The summed E-state index contributed by atoms with van der Waals surface area (Å²) in [5, 5.41) is 3.30. The molecule has 0 aliphatic carbocycles. The standard InChI is InChI=1S/C15H14Cl2N2O2/c1-21-11-4-2-3-9(5-11)8-19-15(20)10-6-12(16)14(18)13(17)7-10/h2-7H,8,18H2,1H3,(H,19,20). The number of carbonyl (C=O) groups is 1. The highest BCUT2D eigenvalue weighted by Crippen LogP contribution is 2.28. The average Bonchev–Trinajstić information content (AvgIpc) is 2.50. The number of rotatable bonds is 4. The molecule has 6 heteroatoms. The van der Waals surface area contributed by atoms with Crippen LogP contribution in [0.2, 0.25) is 10.0 Å². The van der Waals surface area contributed by atoms with Crippen LogP contribution >= 0.6 is 23.2 Å². The van der Waals surface area contributed by atoms with Crippen LogP contribution < -0.4 is 15.8 Å². The minimum Gasteiger partial charge on any atom is -0.497 e. The molecule has 1 amide bonds. The van der Waals surface area contributed by atoms with E-state index in [1.165, 1.54) is 12.1 Å². The zero-order valence-electron chi connectivity index (χ0n) is 11.3. The Kier molecular flexibility index (Phi) is 4.94. The van der Waals surface area contributed by atoms with E-state index in [1.807, 2.05) is 24.3 Å². The molecular weight excluding hydrogens is 311 g/mol. The first-order valence-electron chi connectivity index (χ1n) is 6.17. The highest BCUT2D eigenvalue weighted by molar-refractivity contribution is 6.39. The number of nitrogens with one attached hydrogen (secondary N) is 1. The Hall–Kier alpha value is -1.91. The average molecular weight is 325 g/mol. The molecule has 0 aliphatic heterocycles. The van der Waals surface area contributed by atoms with Gasteiger partial charge in [0.25, 0.3) is 5.91 Å². The van der Waals surface area contributed by atoms with Crippen molar-refractivity contribution >= 4 is 34.8 Å². The molecule has 110 valence electrons. The van der Waals surface area contributed by atoms with Crippen molar-refractivity contribution in [2.45, 2.75) is 6.54 Å². The van der Waals surface area contributed by atoms with Gasteiger partial charge in [0, 0.05) is 12.1 Å². The largest absolute Gasteiger partial charge is 0.497 e. The number of nitrogen functional groups attached to an aromatic ring is 1. The Morgan fingerprint density at radius 1 is 1.24 bits per heavy atom. The number of benzene rings is 2. The number of hydrogen-bond donors (Lipinski definition) is 2. The van der Waals surface area contributed by atoms with E-state index in [0.29, 0.717) is 12.1 Å². The molecule has 0 radical (unpaired) electrons. The van der Waals surface area contributed by atoms with Crippen LogP contribution in [0, 0.1) is 0 Å². The molecule has 0 heterocycles. The quantitative estimate of drug-likeness (QED) is 0.846. The highest BCUT2D eigenvalue weighted by atomic mass is 35.5. The van der Waals surface area contributed by atoms with Gasteiger partial charge in [-0.2, -0.15) is 0 Å². The number of methoxy groups -OCH3 is 1. The summed E-state index contributed by atoms with van der Waals surface area (Å²) in [7, 11) is 1.59. The third kappa shape index (κ3) is 3.80. The zero-order chi connectivity index (χ0) is 15.4. The summed E-state index contributed by atoms with van der Waals surface area (Å²) in [4.78, 5) is 12.1. The fourth-order valence-electron chi connectivity index (χ4n) is 1.78. The molecule has 0 saturated carbocycles. The minimum atomic E-state index is -0.276. The van der Waals surface area contributed by atoms with Gasteiger partial charge >= 0.3 is 0 Å². The molecule has 0 unspecified atom stereocenters. The number of anilines is 1. The maximum absolute atomic E-state index is 12.1. The number of halogens is 2. The summed E-state index contributed by atoms with van der Waals surface area (Å²) >= 11 is 11.8. The Labute approximate surface area is 132 Å². The molecule has 0 aliphatic rings. The number of carbonyl (C=O) groups excluding carboxylic acids is 1. The predicted molar refractivity (Wildman–Crippen MR) is 85.0 cm³/mol. The summed E-state index contributed by atoms with van der Waals surface area (Å²) in [5.74, 6) is 0.460. The molecule has 4 nitrogen and oxygen atoms in total. The molecule has 2 aromatic carbocycles. The van der Waals surface area contributed by atoms with Crippen LogP contribution in [0.1, 0.15) is 15.9 Å². The third-order valence-electron chi connectivity index (χ3n) is 2.93.